The average Bonchev–Trinajstić information content (AvgIpc) is 1.62. The van der Waals surface area contributed by atoms with Gasteiger partial charge in [0.1, 0.15) is 64.0 Å². The van der Waals surface area contributed by atoms with Crippen LogP contribution in [-0.2, 0) is 75.5 Å². The molecule has 0 spiro atoms. The van der Waals surface area contributed by atoms with Gasteiger partial charge in [-0.1, -0.05) is 121 Å². The van der Waals surface area contributed by atoms with E-state index in [2.05, 4.69) is 30.2 Å². The summed E-state index contributed by atoms with van der Waals surface area (Å²) in [4.78, 5) is 81.3. The van der Waals surface area contributed by atoms with E-state index in [-0.39, 0.29) is 114 Å². The van der Waals surface area contributed by atoms with E-state index in [1.807, 2.05) is 34.6 Å². The molecule has 0 aromatic heterocycles. The fourth-order valence-corrected chi connectivity index (χ4v) is 14.8. The van der Waals surface area contributed by atoms with Crippen LogP contribution in [0.1, 0.15) is 159 Å². The minimum Gasteiger partial charge on any atom is -0.497 e. The van der Waals surface area contributed by atoms with Crippen molar-refractivity contribution < 1.29 is 126 Å². The highest BCUT2D eigenvalue weighted by atomic mass is 35.5. The molecule has 730 valence electrons. The van der Waals surface area contributed by atoms with Gasteiger partial charge in [0.05, 0.1) is 89.2 Å². The van der Waals surface area contributed by atoms with Crippen LogP contribution >= 0.6 is 34.8 Å². The molecule has 0 bridgehead atoms. The molecular weight excluding hydrogens is 1830 g/mol. The molecule has 6 atom stereocenters. The lowest BCUT2D eigenvalue weighted by Gasteiger charge is -2.27. The summed E-state index contributed by atoms with van der Waals surface area (Å²) in [5.74, 6) is -4.57. The zero-order valence-corrected chi connectivity index (χ0v) is 74.2. The molecule has 134 heavy (non-hydrogen) atoms. The number of alkyl halides is 9. The molecule has 0 saturated carbocycles. The minimum absolute atomic E-state index is 0. The first kappa shape index (κ1) is 112. The summed E-state index contributed by atoms with van der Waals surface area (Å²) in [5.41, 5.74) is 8.77. The quantitative estimate of drug-likeness (QED) is 0.0189. The Bertz CT molecular complexity index is 5490. The number of benzene rings is 9. The Morgan fingerprint density at radius 1 is 0.410 bits per heavy atom. The molecule has 5 N–H and O–H groups in total. The lowest BCUT2D eigenvalue weighted by molar-refractivity contribution is -0.275. The second kappa shape index (κ2) is 49.3. The van der Waals surface area contributed by atoms with Crippen LogP contribution in [0.3, 0.4) is 0 Å². The number of carbonyl (C=O) groups is 6. The minimum atomic E-state index is -4.87. The molecule has 3 heterocycles. The summed E-state index contributed by atoms with van der Waals surface area (Å²) in [6.45, 7) is 15.2. The van der Waals surface area contributed by atoms with E-state index in [9.17, 15) is 68.3 Å². The van der Waals surface area contributed by atoms with Crippen molar-refractivity contribution in [1.82, 2.24) is 0 Å². The maximum Gasteiger partial charge on any atom is 0.573 e. The monoisotopic (exact) mass is 1940 g/mol. The van der Waals surface area contributed by atoms with Crippen molar-refractivity contribution in [3.8, 4) is 40.2 Å². The maximum absolute atomic E-state index is 14.3. The van der Waals surface area contributed by atoms with Crippen LogP contribution < -0.4 is 63.8 Å². The van der Waals surface area contributed by atoms with Crippen LogP contribution in [0.15, 0.2) is 170 Å². The number of nitrogens with one attached hydrogen (secondary N) is 3. The average molecular weight is 1940 g/mol. The van der Waals surface area contributed by atoms with Gasteiger partial charge in [-0.3, -0.25) is 28.8 Å². The van der Waals surface area contributed by atoms with Gasteiger partial charge in [-0.05, 0) is 209 Å². The highest BCUT2D eigenvalue weighted by molar-refractivity contribution is 6.31. The van der Waals surface area contributed by atoms with E-state index < -0.39 is 89.7 Å². The molecule has 6 unspecified atom stereocenters. The summed E-state index contributed by atoms with van der Waals surface area (Å²) >= 11 is 18.5. The van der Waals surface area contributed by atoms with Gasteiger partial charge in [0.15, 0.2) is 0 Å². The number of carboxylic acids is 2. The highest BCUT2D eigenvalue weighted by Crippen LogP contribution is 2.43. The highest BCUT2D eigenvalue weighted by Gasteiger charge is 2.40. The molecule has 0 aliphatic carbocycles. The number of hydrogen-bond acceptors (Lipinski definition) is 19. The van der Waals surface area contributed by atoms with E-state index in [0.717, 1.165) is 27.8 Å². The smallest absolute Gasteiger partial charge is 0.497 e. The van der Waals surface area contributed by atoms with Gasteiger partial charge >= 0.3 is 37.0 Å². The number of carboxylic acid groups (broad SMARTS) is 2. The SMILES string of the molecule is C.C.C.C.C.COc1cc(COCC(C)C(=O)O)cc(NC(C(=O)N2CCc3ccc(OC(F)(F)F)cc32)c2ccc(Cl)cc2)c1.COc1cc(COCC(C)C(=O)O)cc(NC(C(=O)N2CCc3ccc(OC(F)(F)F)cc32)c2ccc(Cl)cc2C)c1.COc1cc(NC(C(=O)N2CCc3ccc(OC(F)(F)F)cc32)c2ccc(Cl)cc2C)cc(OCCC(C)C(=O)OC(C)(C)C)c1. The number of rotatable bonds is 33. The molecule has 3 aliphatic rings. The Kier molecular flexibility index (Phi) is 41.4. The Labute approximate surface area is 790 Å². The molecule has 0 saturated heterocycles. The van der Waals surface area contributed by atoms with E-state index >= 15 is 0 Å². The van der Waals surface area contributed by atoms with E-state index in [4.69, 9.17) is 78.2 Å². The third-order valence-corrected chi connectivity index (χ3v) is 21.3. The Hall–Kier alpha value is -12.0. The Balaban J connectivity index is 0.000000349. The van der Waals surface area contributed by atoms with Crippen molar-refractivity contribution in [3.05, 3.63) is 241 Å². The second-order valence-electron chi connectivity index (χ2n) is 31.6. The standard InChI is InChI=1S/C34H38ClF3N2O6.C30H30ClF3N2O6.C29H28ClF3N2O6.5CH4/c1-20(32(42)46-33(3,4)5)12-14-44-27-17-24(16-26(18-27)43-6)39-30(28-10-8-23(35)15-21(28)2)31(41)40-13-11-22-7-9-25(19-29(22)40)45-34(36,37)38;1-17-10-21(31)5-7-25(17)27(28(37)36-9-8-20-4-6-23(14-26(20)36)42-30(32,33)34)35-22-11-19(12-24(13-22)40-3)16-41-15-18(2)29(38)39;1-17(28(37)38)15-40-16-18-11-22(13-24(12-18)39-2)34-26(20-3-6-21(30)7-4-20)27(36)35-10-9-19-5-8-23(14-25(19)35)41-29(31,32)33;;;;;/h7-10,15-20,30,39H,11-14H2,1-6H3;4-7,10-14,18,27,35H,8-9,15-16H2,1-3H3,(H,38,39);3-8,11-14,17,26,34H,9-10,15-16H2,1-2H3,(H,37,38);5*1H4. The van der Waals surface area contributed by atoms with Crippen LogP contribution in [0.4, 0.5) is 73.6 Å². The molecule has 3 aliphatic heterocycles. The number of aliphatic carboxylic acids is 2. The molecule has 0 radical (unpaired) electrons. The number of amides is 3. The van der Waals surface area contributed by atoms with Crippen LogP contribution in [0.25, 0.3) is 0 Å². The topological polar surface area (TPSA) is 281 Å². The van der Waals surface area contributed by atoms with Crippen molar-refractivity contribution in [1.29, 1.82) is 0 Å². The lowest BCUT2D eigenvalue weighted by Crippen LogP contribution is -2.37. The first-order chi connectivity index (χ1) is 60.8. The summed E-state index contributed by atoms with van der Waals surface area (Å²) < 4.78 is 167. The molecule has 9 aromatic carbocycles. The summed E-state index contributed by atoms with van der Waals surface area (Å²) in [6, 6.07) is 41.5. The zero-order chi connectivity index (χ0) is 94.1. The number of carbonyl (C=O) groups excluding carboxylic acids is 4. The number of aryl methyl sites for hydroxylation is 2. The van der Waals surface area contributed by atoms with Gasteiger partial charge in [-0.25, -0.2) is 0 Å². The molecule has 0 fully saturated rings. The molecular formula is C98H116Cl3F9N6O18. The van der Waals surface area contributed by atoms with Gasteiger partial charge in [0.25, 0.3) is 17.7 Å². The van der Waals surface area contributed by atoms with Crippen molar-refractivity contribution in [2.24, 2.45) is 17.8 Å². The number of nitrogens with zero attached hydrogens (tertiary/aromatic N) is 3. The first-order valence-electron chi connectivity index (χ1n) is 40.5. The van der Waals surface area contributed by atoms with Crippen molar-refractivity contribution >= 4 is 105 Å². The normalized spacial score (nSPS) is 13.7. The number of esters is 1. The largest absolute Gasteiger partial charge is 0.573 e. The van der Waals surface area contributed by atoms with Crippen LogP contribution in [0.5, 0.6) is 40.2 Å². The van der Waals surface area contributed by atoms with Crippen LogP contribution in [-0.4, -0.2) is 131 Å². The van der Waals surface area contributed by atoms with E-state index in [1.165, 1.54) is 97.6 Å². The van der Waals surface area contributed by atoms with Gasteiger partial charge in [-0.15, -0.1) is 39.5 Å². The number of ether oxygens (including phenoxy) is 10. The zero-order valence-electron chi connectivity index (χ0n) is 71.9. The number of fused-ring (bicyclic) bond motifs is 3. The third kappa shape index (κ3) is 32.1. The van der Waals surface area contributed by atoms with Crippen molar-refractivity contribution in [2.45, 2.75) is 174 Å². The predicted molar refractivity (Wildman–Crippen MR) is 501 cm³/mol. The maximum atomic E-state index is 14.3. The Morgan fingerprint density at radius 3 is 1.09 bits per heavy atom. The van der Waals surface area contributed by atoms with E-state index in [0.29, 0.717) is 126 Å². The predicted octanol–water partition coefficient (Wildman–Crippen LogP) is 24.0. The fourth-order valence-electron chi connectivity index (χ4n) is 14.2. The second-order valence-corrected chi connectivity index (χ2v) is 32.9. The van der Waals surface area contributed by atoms with Gasteiger partial charge < -0.3 is 88.2 Å². The summed E-state index contributed by atoms with van der Waals surface area (Å²) in [6.07, 6.45) is -12.8. The lowest BCUT2D eigenvalue weighted by atomic mass is 9.99. The molecule has 36 heteroatoms. The van der Waals surface area contributed by atoms with Gasteiger partial charge in [0, 0.05) is 100 Å². The third-order valence-electron chi connectivity index (χ3n) is 20.6. The van der Waals surface area contributed by atoms with Crippen molar-refractivity contribution in [2.75, 3.05) is 91.4 Å². The van der Waals surface area contributed by atoms with E-state index in [1.54, 1.807) is 129 Å². The number of halogens is 12. The molecule has 24 nitrogen and oxygen atoms in total. The summed E-state index contributed by atoms with van der Waals surface area (Å²) in [7, 11) is 4.48. The number of methoxy groups -OCH3 is 3. The van der Waals surface area contributed by atoms with Gasteiger partial charge in [-0.2, -0.15) is 0 Å². The molecule has 3 amide bonds. The van der Waals surface area contributed by atoms with Crippen LogP contribution in [0, 0.1) is 31.6 Å². The van der Waals surface area contributed by atoms with Gasteiger partial charge in [0.2, 0.25) is 0 Å². The summed E-state index contributed by atoms with van der Waals surface area (Å²) in [5, 5.41) is 29.4. The molecule has 12 rings (SSSR count). The Morgan fingerprint density at radius 2 is 0.746 bits per heavy atom. The van der Waals surface area contributed by atoms with Crippen LogP contribution in [0.2, 0.25) is 15.1 Å². The fraction of sp³-hybridized carbons (Fsp3) is 0.388. The molecule has 9 aromatic rings. The number of anilines is 6. The number of hydrogen-bond donors (Lipinski definition) is 5. The van der Waals surface area contributed by atoms with Crippen molar-refractivity contribution in [3.63, 3.8) is 0 Å². The first-order valence-corrected chi connectivity index (χ1v) is 41.6.